The maximum atomic E-state index is 9.78. The first-order valence-corrected chi connectivity index (χ1v) is 6.54. The number of ether oxygens (including phenoxy) is 1. The van der Waals surface area contributed by atoms with Crippen LogP contribution in [-0.2, 0) is 10.2 Å². The predicted octanol–water partition coefficient (Wildman–Crippen LogP) is 2.00. The number of rotatable bonds is 7. The van der Waals surface area contributed by atoms with Crippen LogP contribution >= 0.6 is 0 Å². The molecule has 3 N–H and O–H groups in total. The topological polar surface area (TPSA) is 55.5 Å². The Morgan fingerprint density at radius 1 is 1.33 bits per heavy atom. The van der Waals surface area contributed by atoms with Crippen LogP contribution in [0.1, 0.15) is 31.4 Å². The van der Waals surface area contributed by atoms with Crippen LogP contribution in [0, 0.1) is 6.92 Å². The zero-order valence-electron chi connectivity index (χ0n) is 11.6. The minimum absolute atomic E-state index is 0.0514. The van der Waals surface area contributed by atoms with E-state index in [1.165, 1.54) is 5.56 Å². The van der Waals surface area contributed by atoms with E-state index in [-0.39, 0.29) is 18.1 Å². The Labute approximate surface area is 110 Å². The van der Waals surface area contributed by atoms with Crippen molar-refractivity contribution in [2.45, 2.75) is 38.7 Å². The quantitative estimate of drug-likeness (QED) is 0.779. The van der Waals surface area contributed by atoms with Gasteiger partial charge in [-0.1, -0.05) is 24.3 Å². The Morgan fingerprint density at radius 2 is 2.00 bits per heavy atom. The highest BCUT2D eigenvalue weighted by Crippen LogP contribution is 2.29. The molecule has 0 saturated heterocycles. The first-order chi connectivity index (χ1) is 8.55. The highest BCUT2D eigenvalue weighted by atomic mass is 16.5. The lowest BCUT2D eigenvalue weighted by Gasteiger charge is -2.32. The molecule has 0 amide bonds. The molecule has 0 spiro atoms. The Balaban J connectivity index is 2.89. The minimum atomic E-state index is -0.389. The van der Waals surface area contributed by atoms with Gasteiger partial charge in [-0.25, -0.2) is 0 Å². The van der Waals surface area contributed by atoms with E-state index in [0.29, 0.717) is 13.2 Å². The summed E-state index contributed by atoms with van der Waals surface area (Å²) in [6.45, 7) is 7.17. The second-order valence-electron chi connectivity index (χ2n) is 5.13. The molecule has 1 atom stereocenters. The molecule has 1 rings (SSSR count). The van der Waals surface area contributed by atoms with Gasteiger partial charge in [0.05, 0.1) is 12.7 Å². The minimum Gasteiger partial charge on any atom is -0.395 e. The standard InChI is InChI=1S/C15H25NO2/c1-12(2)18-9-8-15(10-16,11-17)14-7-5-4-6-13(14)3/h4-7,12,17H,8-11,16H2,1-3H3. The van der Waals surface area contributed by atoms with E-state index >= 15 is 0 Å². The Kier molecular flexibility index (Phi) is 5.79. The Morgan fingerprint density at radius 3 is 2.50 bits per heavy atom. The third-order valence-corrected chi connectivity index (χ3v) is 3.44. The van der Waals surface area contributed by atoms with Gasteiger partial charge in [0.2, 0.25) is 0 Å². The van der Waals surface area contributed by atoms with E-state index in [2.05, 4.69) is 13.0 Å². The summed E-state index contributed by atoms with van der Waals surface area (Å²) in [6.07, 6.45) is 0.944. The predicted molar refractivity (Wildman–Crippen MR) is 74.7 cm³/mol. The molecule has 3 heteroatoms. The Bertz CT molecular complexity index is 359. The van der Waals surface area contributed by atoms with Crippen LogP contribution in [0.25, 0.3) is 0 Å². The molecule has 0 aromatic heterocycles. The van der Waals surface area contributed by atoms with Crippen molar-refractivity contribution in [3.05, 3.63) is 35.4 Å². The van der Waals surface area contributed by atoms with Gasteiger partial charge >= 0.3 is 0 Å². The van der Waals surface area contributed by atoms with Crippen molar-refractivity contribution in [3.63, 3.8) is 0 Å². The van der Waals surface area contributed by atoms with Gasteiger partial charge in [0.25, 0.3) is 0 Å². The zero-order valence-corrected chi connectivity index (χ0v) is 11.6. The number of benzene rings is 1. The van der Waals surface area contributed by atoms with Gasteiger partial charge in [0.15, 0.2) is 0 Å². The first-order valence-electron chi connectivity index (χ1n) is 6.54. The molecular formula is C15H25NO2. The van der Waals surface area contributed by atoms with Gasteiger partial charge in [0.1, 0.15) is 0 Å². The summed E-state index contributed by atoms with van der Waals surface area (Å²) in [6, 6.07) is 8.10. The first kappa shape index (κ1) is 15.2. The summed E-state index contributed by atoms with van der Waals surface area (Å²) in [5.74, 6) is 0. The van der Waals surface area contributed by atoms with Crippen LogP contribution in [0.4, 0.5) is 0 Å². The zero-order chi connectivity index (χ0) is 13.6. The molecule has 1 aromatic carbocycles. The van der Waals surface area contributed by atoms with Crippen molar-refractivity contribution in [3.8, 4) is 0 Å². The lowest BCUT2D eigenvalue weighted by atomic mass is 9.76. The highest BCUT2D eigenvalue weighted by molar-refractivity contribution is 5.34. The molecule has 0 radical (unpaired) electrons. The fourth-order valence-corrected chi connectivity index (χ4v) is 2.23. The lowest BCUT2D eigenvalue weighted by Crippen LogP contribution is -2.40. The molecule has 0 heterocycles. The molecular weight excluding hydrogens is 226 g/mol. The average Bonchev–Trinajstić information content (AvgIpc) is 2.36. The maximum absolute atomic E-state index is 9.78. The summed E-state index contributed by atoms with van der Waals surface area (Å²) in [5.41, 5.74) is 7.83. The fraction of sp³-hybridized carbons (Fsp3) is 0.600. The Hall–Kier alpha value is -0.900. The summed E-state index contributed by atoms with van der Waals surface area (Å²) in [4.78, 5) is 0. The van der Waals surface area contributed by atoms with E-state index in [1.807, 2.05) is 32.0 Å². The van der Waals surface area contributed by atoms with Crippen molar-refractivity contribution < 1.29 is 9.84 Å². The molecule has 102 valence electrons. The van der Waals surface area contributed by atoms with Crippen molar-refractivity contribution in [1.82, 2.24) is 0 Å². The molecule has 18 heavy (non-hydrogen) atoms. The van der Waals surface area contributed by atoms with Crippen LogP contribution in [0.5, 0.6) is 0 Å². The van der Waals surface area contributed by atoms with E-state index in [0.717, 1.165) is 12.0 Å². The SMILES string of the molecule is Cc1ccccc1C(CN)(CO)CCOC(C)C. The number of aliphatic hydroxyl groups is 1. The summed E-state index contributed by atoms with van der Waals surface area (Å²) >= 11 is 0. The molecule has 1 unspecified atom stereocenters. The van der Waals surface area contributed by atoms with Crippen molar-refractivity contribution in [2.24, 2.45) is 5.73 Å². The number of aryl methyl sites for hydroxylation is 1. The number of nitrogens with two attached hydrogens (primary N) is 1. The molecule has 0 fully saturated rings. The molecule has 0 bridgehead atoms. The van der Waals surface area contributed by atoms with Gasteiger partial charge in [-0.3, -0.25) is 0 Å². The van der Waals surface area contributed by atoms with Crippen LogP contribution in [0.2, 0.25) is 0 Å². The van der Waals surface area contributed by atoms with Crippen LogP contribution < -0.4 is 5.73 Å². The summed E-state index contributed by atoms with van der Waals surface area (Å²) < 4.78 is 5.60. The van der Waals surface area contributed by atoms with Gasteiger partial charge in [-0.15, -0.1) is 0 Å². The molecule has 0 saturated carbocycles. The molecule has 0 aliphatic rings. The molecule has 3 nitrogen and oxygen atoms in total. The normalized spacial score (nSPS) is 14.8. The van der Waals surface area contributed by atoms with E-state index < -0.39 is 0 Å². The summed E-state index contributed by atoms with van der Waals surface area (Å²) in [7, 11) is 0. The van der Waals surface area contributed by atoms with Crippen molar-refractivity contribution in [1.29, 1.82) is 0 Å². The number of aliphatic hydroxyl groups excluding tert-OH is 1. The number of hydrogen-bond donors (Lipinski definition) is 2. The third kappa shape index (κ3) is 3.55. The van der Waals surface area contributed by atoms with Crippen LogP contribution in [0.15, 0.2) is 24.3 Å². The second-order valence-corrected chi connectivity index (χ2v) is 5.13. The van der Waals surface area contributed by atoms with Crippen LogP contribution in [0.3, 0.4) is 0 Å². The lowest BCUT2D eigenvalue weighted by molar-refractivity contribution is 0.0544. The van der Waals surface area contributed by atoms with Crippen molar-refractivity contribution >= 4 is 0 Å². The largest absolute Gasteiger partial charge is 0.395 e. The van der Waals surface area contributed by atoms with E-state index in [9.17, 15) is 5.11 Å². The fourth-order valence-electron chi connectivity index (χ4n) is 2.23. The van der Waals surface area contributed by atoms with Gasteiger partial charge < -0.3 is 15.6 Å². The molecule has 1 aromatic rings. The highest BCUT2D eigenvalue weighted by Gasteiger charge is 2.31. The van der Waals surface area contributed by atoms with E-state index in [4.69, 9.17) is 10.5 Å². The monoisotopic (exact) mass is 251 g/mol. The van der Waals surface area contributed by atoms with Crippen molar-refractivity contribution in [2.75, 3.05) is 19.8 Å². The number of hydrogen-bond acceptors (Lipinski definition) is 3. The second kappa shape index (κ2) is 6.88. The smallest absolute Gasteiger partial charge is 0.0541 e. The van der Waals surface area contributed by atoms with Gasteiger partial charge in [-0.05, 0) is 38.3 Å². The molecule has 0 aliphatic heterocycles. The maximum Gasteiger partial charge on any atom is 0.0541 e. The van der Waals surface area contributed by atoms with Crippen LogP contribution in [-0.4, -0.2) is 31.0 Å². The van der Waals surface area contributed by atoms with Gasteiger partial charge in [-0.2, -0.15) is 0 Å². The van der Waals surface area contributed by atoms with E-state index in [1.54, 1.807) is 0 Å². The third-order valence-electron chi connectivity index (χ3n) is 3.44. The summed E-state index contributed by atoms with van der Waals surface area (Å²) in [5, 5.41) is 9.78. The average molecular weight is 251 g/mol. The van der Waals surface area contributed by atoms with Gasteiger partial charge in [0, 0.05) is 18.6 Å². The molecule has 0 aliphatic carbocycles.